The minimum Gasteiger partial charge on any atom is -0.490 e. The lowest BCUT2D eigenvalue weighted by Crippen LogP contribution is -2.34. The summed E-state index contributed by atoms with van der Waals surface area (Å²) in [6.45, 7) is 5.35. The van der Waals surface area contributed by atoms with E-state index in [9.17, 15) is 9.59 Å². The van der Waals surface area contributed by atoms with E-state index in [-0.39, 0.29) is 22.9 Å². The molecule has 1 amide bonds. The zero-order chi connectivity index (χ0) is 19.3. The van der Waals surface area contributed by atoms with E-state index in [0.29, 0.717) is 27.0 Å². The minimum atomic E-state index is -0.345. The highest BCUT2D eigenvalue weighted by Crippen LogP contribution is 2.27. The number of hydrogen-bond acceptors (Lipinski definition) is 4. The van der Waals surface area contributed by atoms with Crippen LogP contribution in [0.5, 0.6) is 5.75 Å². The van der Waals surface area contributed by atoms with Crippen molar-refractivity contribution in [2.24, 2.45) is 0 Å². The highest BCUT2D eigenvalue weighted by Gasteiger charge is 2.12. The van der Waals surface area contributed by atoms with Crippen molar-refractivity contribution >= 4 is 50.6 Å². The molecule has 0 aromatic heterocycles. The van der Waals surface area contributed by atoms with Crippen LogP contribution in [0.15, 0.2) is 46.9 Å². The molecule has 2 N–H and O–H groups in total. The van der Waals surface area contributed by atoms with Crippen LogP contribution >= 0.6 is 28.1 Å². The molecule has 0 saturated carbocycles. The van der Waals surface area contributed by atoms with E-state index in [4.69, 9.17) is 17.0 Å². The number of carbonyl (C=O) groups excluding carboxylic acids is 2. The first-order valence-electron chi connectivity index (χ1n) is 7.96. The van der Waals surface area contributed by atoms with Crippen molar-refractivity contribution < 1.29 is 14.3 Å². The molecule has 0 fully saturated rings. The van der Waals surface area contributed by atoms with Crippen LogP contribution in [0.4, 0.5) is 5.69 Å². The zero-order valence-corrected chi connectivity index (χ0v) is 17.0. The lowest BCUT2D eigenvalue weighted by atomic mass is 10.1. The Hall–Kier alpha value is -2.25. The van der Waals surface area contributed by atoms with Gasteiger partial charge in [0.05, 0.1) is 10.6 Å². The number of anilines is 1. The summed E-state index contributed by atoms with van der Waals surface area (Å²) in [6.07, 6.45) is 0.0357. The van der Waals surface area contributed by atoms with Gasteiger partial charge in [-0.25, -0.2) is 0 Å². The molecule has 2 aromatic rings. The van der Waals surface area contributed by atoms with Crippen LogP contribution in [-0.2, 0) is 0 Å². The van der Waals surface area contributed by atoms with E-state index >= 15 is 0 Å². The maximum Gasteiger partial charge on any atom is 0.257 e. The van der Waals surface area contributed by atoms with Gasteiger partial charge >= 0.3 is 0 Å². The van der Waals surface area contributed by atoms with Gasteiger partial charge in [-0.3, -0.25) is 14.9 Å². The molecule has 0 spiro atoms. The largest absolute Gasteiger partial charge is 0.490 e. The Morgan fingerprint density at radius 1 is 1.12 bits per heavy atom. The van der Waals surface area contributed by atoms with Crippen molar-refractivity contribution in [1.82, 2.24) is 5.32 Å². The predicted octanol–water partition coefficient (Wildman–Crippen LogP) is 4.57. The number of ether oxygens (including phenoxy) is 1. The molecule has 7 heteroatoms. The molecule has 2 rings (SSSR count). The van der Waals surface area contributed by atoms with Crippen molar-refractivity contribution in [3.63, 3.8) is 0 Å². The second kappa shape index (κ2) is 8.91. The predicted molar refractivity (Wildman–Crippen MR) is 110 cm³/mol. The number of carbonyl (C=O) groups is 2. The van der Waals surface area contributed by atoms with Gasteiger partial charge in [-0.05, 0) is 79.3 Å². The molecule has 0 unspecified atom stereocenters. The second-order valence-electron chi connectivity index (χ2n) is 5.86. The number of thiocarbonyl (C=S) groups is 1. The van der Waals surface area contributed by atoms with E-state index < -0.39 is 0 Å². The van der Waals surface area contributed by atoms with E-state index in [0.717, 1.165) is 0 Å². The van der Waals surface area contributed by atoms with Gasteiger partial charge in [0.25, 0.3) is 5.91 Å². The van der Waals surface area contributed by atoms with E-state index in [2.05, 4.69) is 26.6 Å². The van der Waals surface area contributed by atoms with Gasteiger partial charge in [0, 0.05) is 16.8 Å². The van der Waals surface area contributed by atoms with Gasteiger partial charge in [0.15, 0.2) is 10.9 Å². The fourth-order valence-electron chi connectivity index (χ4n) is 2.15. The molecular weight excluding hydrogens is 416 g/mol. The number of halogens is 1. The summed E-state index contributed by atoms with van der Waals surface area (Å²) in [5.41, 5.74) is 1.63. The molecule has 0 radical (unpaired) electrons. The molecular formula is C19H19BrN2O3S. The quantitative estimate of drug-likeness (QED) is 0.532. The number of rotatable bonds is 5. The van der Waals surface area contributed by atoms with Crippen LogP contribution in [0.3, 0.4) is 0 Å². The van der Waals surface area contributed by atoms with Crippen LogP contribution in [0, 0.1) is 0 Å². The van der Waals surface area contributed by atoms with Gasteiger partial charge in [-0.1, -0.05) is 12.1 Å². The Bertz CT molecular complexity index is 852. The average molecular weight is 435 g/mol. The first-order valence-corrected chi connectivity index (χ1v) is 9.16. The number of hydrogen-bond donors (Lipinski definition) is 2. The number of ketones is 1. The Labute approximate surface area is 166 Å². The molecule has 0 aliphatic rings. The Kier molecular flexibility index (Phi) is 6.88. The standard InChI is InChI=1S/C19H19BrN2O3S/c1-11(2)25-17-8-7-14(10-16(17)20)18(24)22-19(26)21-15-6-4-5-13(9-15)12(3)23/h4-11H,1-3H3,(H2,21,22,24,26). The summed E-state index contributed by atoms with van der Waals surface area (Å²) in [5, 5.41) is 5.66. The Morgan fingerprint density at radius 2 is 1.85 bits per heavy atom. The topological polar surface area (TPSA) is 67.4 Å². The van der Waals surface area contributed by atoms with Crippen molar-refractivity contribution in [2.75, 3.05) is 5.32 Å². The van der Waals surface area contributed by atoms with Crippen molar-refractivity contribution in [1.29, 1.82) is 0 Å². The van der Waals surface area contributed by atoms with Crippen LogP contribution in [-0.4, -0.2) is 22.9 Å². The third-order valence-electron chi connectivity index (χ3n) is 3.31. The minimum absolute atomic E-state index is 0.0357. The second-order valence-corrected chi connectivity index (χ2v) is 7.12. The maximum atomic E-state index is 12.4. The molecule has 0 heterocycles. The van der Waals surface area contributed by atoms with Gasteiger partial charge in [-0.15, -0.1) is 0 Å². The molecule has 0 saturated heterocycles. The van der Waals surface area contributed by atoms with Crippen LogP contribution in [0.2, 0.25) is 0 Å². The summed E-state index contributed by atoms with van der Waals surface area (Å²) in [5.74, 6) is 0.275. The number of amides is 1. The SMILES string of the molecule is CC(=O)c1cccc(NC(=S)NC(=O)c2ccc(OC(C)C)c(Br)c2)c1. The van der Waals surface area contributed by atoms with Gasteiger partial charge in [0.2, 0.25) is 0 Å². The Morgan fingerprint density at radius 3 is 2.46 bits per heavy atom. The van der Waals surface area contributed by atoms with E-state index in [1.165, 1.54) is 6.92 Å². The van der Waals surface area contributed by atoms with Gasteiger partial charge < -0.3 is 10.1 Å². The lowest BCUT2D eigenvalue weighted by molar-refractivity contribution is 0.0975. The molecule has 0 aliphatic carbocycles. The van der Waals surface area contributed by atoms with Crippen LogP contribution < -0.4 is 15.4 Å². The Balaban J connectivity index is 2.03. The monoisotopic (exact) mass is 434 g/mol. The molecule has 0 bridgehead atoms. The number of Topliss-reactive ketones (excluding diaryl/α,β-unsaturated/α-hetero) is 1. The normalized spacial score (nSPS) is 10.3. The molecule has 2 aromatic carbocycles. The summed E-state index contributed by atoms with van der Waals surface area (Å²) in [7, 11) is 0. The molecule has 0 atom stereocenters. The van der Waals surface area contributed by atoms with Gasteiger partial charge in [-0.2, -0.15) is 0 Å². The van der Waals surface area contributed by atoms with Crippen LogP contribution in [0.1, 0.15) is 41.5 Å². The third-order valence-corrected chi connectivity index (χ3v) is 4.13. The maximum absolute atomic E-state index is 12.4. The summed E-state index contributed by atoms with van der Waals surface area (Å²) in [4.78, 5) is 23.8. The fourth-order valence-corrected chi connectivity index (χ4v) is 2.83. The molecule has 0 aliphatic heterocycles. The van der Waals surface area contributed by atoms with Crippen molar-refractivity contribution in [2.45, 2.75) is 26.9 Å². The first-order chi connectivity index (χ1) is 12.3. The van der Waals surface area contributed by atoms with Crippen molar-refractivity contribution in [3.05, 3.63) is 58.1 Å². The summed E-state index contributed by atoms with van der Waals surface area (Å²) < 4.78 is 6.31. The van der Waals surface area contributed by atoms with E-state index in [1.807, 2.05) is 13.8 Å². The third kappa shape index (κ3) is 5.64. The van der Waals surface area contributed by atoms with E-state index in [1.54, 1.807) is 42.5 Å². The molecule has 26 heavy (non-hydrogen) atoms. The average Bonchev–Trinajstić information content (AvgIpc) is 2.56. The summed E-state index contributed by atoms with van der Waals surface area (Å²) in [6, 6.07) is 12.0. The highest BCUT2D eigenvalue weighted by molar-refractivity contribution is 9.10. The van der Waals surface area contributed by atoms with Crippen LogP contribution in [0.25, 0.3) is 0 Å². The summed E-state index contributed by atoms with van der Waals surface area (Å²) >= 11 is 8.57. The molecule has 5 nitrogen and oxygen atoms in total. The van der Waals surface area contributed by atoms with Crippen molar-refractivity contribution in [3.8, 4) is 5.75 Å². The highest BCUT2D eigenvalue weighted by atomic mass is 79.9. The number of nitrogens with one attached hydrogen (secondary N) is 2. The first kappa shape index (κ1) is 20.1. The fraction of sp³-hybridized carbons (Fsp3) is 0.211. The molecule has 136 valence electrons. The van der Waals surface area contributed by atoms with Gasteiger partial charge in [0.1, 0.15) is 5.75 Å². The zero-order valence-electron chi connectivity index (χ0n) is 14.6. The lowest BCUT2D eigenvalue weighted by Gasteiger charge is -2.13. The number of benzene rings is 2. The smallest absolute Gasteiger partial charge is 0.257 e.